The molecule has 0 unspecified atom stereocenters. The molecule has 2 aliphatic rings. The Morgan fingerprint density at radius 2 is 1.82 bits per heavy atom. The fourth-order valence-corrected chi connectivity index (χ4v) is 2.14. The molecule has 0 amide bonds. The first-order valence-corrected chi connectivity index (χ1v) is 7.98. The fourth-order valence-electron chi connectivity index (χ4n) is 2.06. The van der Waals surface area contributed by atoms with Crippen molar-refractivity contribution >= 4 is 23.2 Å². The van der Waals surface area contributed by atoms with Crippen LogP contribution in [0.25, 0.3) is 11.1 Å². The van der Waals surface area contributed by atoms with Gasteiger partial charge in [-0.3, -0.25) is 4.99 Å². The summed E-state index contributed by atoms with van der Waals surface area (Å²) in [6.07, 6.45) is 1.01. The van der Waals surface area contributed by atoms with Crippen molar-refractivity contribution in [3.8, 4) is 11.1 Å². The zero-order chi connectivity index (χ0) is 15.9. The standard InChI is InChI=1S/C12H18ClN3.C6H4/c1-3-10-5-4-6-11(9-10)16(2)12(14)15-8-7-13;1-2-5-4-6(5)3-1/h4-6,9H,3,7-8H2,1-2H3,(H2,14,15);1-4H. The third-order valence-corrected chi connectivity index (χ3v) is 3.69. The van der Waals surface area contributed by atoms with E-state index in [1.165, 1.54) is 16.7 Å². The van der Waals surface area contributed by atoms with Crippen molar-refractivity contribution < 1.29 is 0 Å². The van der Waals surface area contributed by atoms with Gasteiger partial charge in [0.25, 0.3) is 0 Å². The highest BCUT2D eigenvalue weighted by Gasteiger charge is 2.07. The Morgan fingerprint density at radius 1 is 1.14 bits per heavy atom. The van der Waals surface area contributed by atoms with Gasteiger partial charge in [0.15, 0.2) is 5.96 Å². The van der Waals surface area contributed by atoms with Crippen LogP contribution in [0.2, 0.25) is 0 Å². The first-order valence-electron chi connectivity index (χ1n) is 7.44. The van der Waals surface area contributed by atoms with E-state index in [1.54, 1.807) is 0 Å². The minimum absolute atomic E-state index is 0.490. The van der Waals surface area contributed by atoms with Crippen molar-refractivity contribution in [2.24, 2.45) is 10.7 Å². The van der Waals surface area contributed by atoms with E-state index < -0.39 is 0 Å². The second kappa shape index (κ2) is 7.85. The summed E-state index contributed by atoms with van der Waals surface area (Å²) in [5.74, 6) is 0.984. The summed E-state index contributed by atoms with van der Waals surface area (Å²) < 4.78 is 0. The summed E-state index contributed by atoms with van der Waals surface area (Å²) in [4.78, 5) is 6.03. The monoisotopic (exact) mass is 315 g/mol. The minimum atomic E-state index is 0.490. The molecule has 0 atom stereocenters. The lowest BCUT2D eigenvalue weighted by atomic mass is 10.1. The van der Waals surface area contributed by atoms with E-state index >= 15 is 0 Å². The molecule has 1 aromatic rings. The van der Waals surface area contributed by atoms with Gasteiger partial charge in [0, 0.05) is 18.6 Å². The van der Waals surface area contributed by atoms with Gasteiger partial charge < -0.3 is 10.6 Å². The van der Waals surface area contributed by atoms with Crippen LogP contribution in [-0.2, 0) is 6.42 Å². The number of hydrogen-bond acceptors (Lipinski definition) is 1. The Bertz CT molecular complexity index is 635. The lowest BCUT2D eigenvalue weighted by Gasteiger charge is -2.18. The average molecular weight is 316 g/mol. The highest BCUT2D eigenvalue weighted by molar-refractivity contribution is 6.18. The molecule has 0 saturated heterocycles. The average Bonchev–Trinajstić information content (AvgIpc) is 3.17. The number of benzene rings is 2. The van der Waals surface area contributed by atoms with Crippen molar-refractivity contribution in [1.29, 1.82) is 0 Å². The molecule has 0 aromatic heterocycles. The summed E-state index contributed by atoms with van der Waals surface area (Å²) in [6.45, 7) is 2.68. The van der Waals surface area contributed by atoms with Crippen LogP contribution >= 0.6 is 11.6 Å². The Kier molecular flexibility index (Phi) is 5.84. The second-order valence-electron chi connectivity index (χ2n) is 5.09. The second-order valence-corrected chi connectivity index (χ2v) is 5.47. The number of aliphatic imine (C=N–C) groups is 1. The van der Waals surface area contributed by atoms with E-state index in [0.29, 0.717) is 18.4 Å². The quantitative estimate of drug-likeness (QED) is 0.450. The molecule has 0 radical (unpaired) electrons. The van der Waals surface area contributed by atoms with Crippen LogP contribution in [0.3, 0.4) is 0 Å². The van der Waals surface area contributed by atoms with Crippen molar-refractivity contribution in [2.45, 2.75) is 13.3 Å². The van der Waals surface area contributed by atoms with Crippen LogP contribution in [0, 0.1) is 0 Å². The van der Waals surface area contributed by atoms with Gasteiger partial charge in [0.2, 0.25) is 0 Å². The van der Waals surface area contributed by atoms with Gasteiger partial charge in [-0.2, -0.15) is 0 Å². The highest BCUT2D eigenvalue weighted by Crippen LogP contribution is 2.32. The maximum Gasteiger partial charge on any atom is 0.195 e. The van der Waals surface area contributed by atoms with Crippen molar-refractivity contribution in [3.63, 3.8) is 0 Å². The number of anilines is 1. The first-order chi connectivity index (χ1) is 10.7. The molecule has 1 aromatic carbocycles. The van der Waals surface area contributed by atoms with E-state index in [2.05, 4.69) is 48.3 Å². The topological polar surface area (TPSA) is 41.6 Å². The maximum atomic E-state index is 5.84. The molecule has 3 nitrogen and oxygen atoms in total. The maximum absolute atomic E-state index is 5.84. The number of halogens is 1. The zero-order valence-corrected chi connectivity index (χ0v) is 13.8. The minimum Gasteiger partial charge on any atom is -0.370 e. The van der Waals surface area contributed by atoms with Crippen molar-refractivity contribution in [1.82, 2.24) is 0 Å². The largest absolute Gasteiger partial charge is 0.370 e. The van der Waals surface area contributed by atoms with Gasteiger partial charge >= 0.3 is 0 Å². The SMILES string of the molecule is CCc1cccc(N(C)C(N)=NCCCl)c1.c1cc2cc-2c1. The molecule has 3 rings (SSSR count). The molecule has 2 aliphatic carbocycles. The molecular weight excluding hydrogens is 294 g/mol. The van der Waals surface area contributed by atoms with E-state index in [-0.39, 0.29) is 0 Å². The number of fused-ring (bicyclic) bond motifs is 1. The molecule has 2 N–H and O–H groups in total. The van der Waals surface area contributed by atoms with Gasteiger partial charge in [-0.25, -0.2) is 0 Å². The Balaban J connectivity index is 0.000000238. The van der Waals surface area contributed by atoms with Crippen LogP contribution in [0.4, 0.5) is 5.69 Å². The highest BCUT2D eigenvalue weighted by atomic mass is 35.5. The van der Waals surface area contributed by atoms with E-state index in [1.807, 2.05) is 24.1 Å². The molecule has 4 heteroatoms. The molecule has 0 saturated carbocycles. The molecule has 116 valence electrons. The number of rotatable bonds is 4. The molecule has 22 heavy (non-hydrogen) atoms. The third kappa shape index (κ3) is 4.50. The fraction of sp³-hybridized carbons (Fsp3) is 0.278. The molecule has 0 bridgehead atoms. The number of nitrogens with zero attached hydrogens (tertiary/aromatic N) is 2. The Labute approximate surface area is 137 Å². The predicted octanol–water partition coefficient (Wildman–Crippen LogP) is 3.91. The molecule has 0 heterocycles. The van der Waals surface area contributed by atoms with Crippen molar-refractivity contribution in [2.75, 3.05) is 24.4 Å². The molecule has 0 aliphatic heterocycles. The summed E-state index contributed by atoms with van der Waals surface area (Å²) in [5, 5.41) is 0. The van der Waals surface area contributed by atoms with Crippen LogP contribution in [0.5, 0.6) is 0 Å². The van der Waals surface area contributed by atoms with Gasteiger partial charge in [0.1, 0.15) is 0 Å². The lowest BCUT2D eigenvalue weighted by Crippen LogP contribution is -2.34. The van der Waals surface area contributed by atoms with Gasteiger partial charge in [-0.05, 0) is 41.3 Å². The van der Waals surface area contributed by atoms with E-state index in [0.717, 1.165) is 12.1 Å². The van der Waals surface area contributed by atoms with Crippen molar-refractivity contribution in [3.05, 3.63) is 54.1 Å². The zero-order valence-electron chi connectivity index (χ0n) is 13.1. The van der Waals surface area contributed by atoms with E-state index in [4.69, 9.17) is 17.3 Å². The number of alkyl halides is 1. The summed E-state index contributed by atoms with van der Waals surface area (Å²) in [6, 6.07) is 16.7. The third-order valence-electron chi connectivity index (χ3n) is 3.52. The van der Waals surface area contributed by atoms with Crippen LogP contribution in [0.15, 0.2) is 53.5 Å². The van der Waals surface area contributed by atoms with Gasteiger partial charge in [-0.15, -0.1) is 11.6 Å². The normalized spacial score (nSPS) is 11.5. The summed E-state index contributed by atoms with van der Waals surface area (Å²) >= 11 is 5.56. The number of nitrogens with two attached hydrogens (primary N) is 1. The Hall–Kier alpha value is -2.00. The molecule has 0 fully saturated rings. The van der Waals surface area contributed by atoms with Crippen LogP contribution in [0.1, 0.15) is 12.5 Å². The first kappa shape index (κ1) is 16.4. The summed E-state index contributed by atoms with van der Waals surface area (Å²) in [5.41, 5.74) is 11.0. The number of aryl methyl sites for hydroxylation is 1. The molecular formula is C18H22ClN3. The van der Waals surface area contributed by atoms with Crippen LogP contribution in [-0.4, -0.2) is 25.4 Å². The van der Waals surface area contributed by atoms with Gasteiger partial charge in [0.05, 0.1) is 6.54 Å². The lowest BCUT2D eigenvalue weighted by molar-refractivity contribution is 1.08. The Morgan fingerprint density at radius 3 is 2.32 bits per heavy atom. The smallest absolute Gasteiger partial charge is 0.195 e. The summed E-state index contributed by atoms with van der Waals surface area (Å²) in [7, 11) is 1.90. The van der Waals surface area contributed by atoms with Gasteiger partial charge in [-0.1, -0.05) is 37.3 Å². The van der Waals surface area contributed by atoms with E-state index in [9.17, 15) is 0 Å². The van der Waals surface area contributed by atoms with Crippen LogP contribution < -0.4 is 10.6 Å². The number of guanidine groups is 1. The molecule has 0 spiro atoms. The number of hydrogen-bond donors (Lipinski definition) is 1. The predicted molar refractivity (Wildman–Crippen MR) is 96.9 cm³/mol.